The van der Waals surface area contributed by atoms with Crippen LogP contribution in [0.1, 0.15) is 40.0 Å². The van der Waals surface area contributed by atoms with Crippen molar-refractivity contribution in [3.05, 3.63) is 30.3 Å². The first-order valence-corrected chi connectivity index (χ1v) is 8.81. The van der Waals surface area contributed by atoms with E-state index in [0.717, 1.165) is 5.69 Å². The van der Waals surface area contributed by atoms with Gasteiger partial charge in [-0.25, -0.2) is 0 Å². The van der Waals surface area contributed by atoms with Crippen molar-refractivity contribution >= 4 is 15.2 Å². The first-order valence-electron chi connectivity index (χ1n) is 7.39. The molecule has 1 saturated carbocycles. The first-order chi connectivity index (χ1) is 9.74. The largest absolute Gasteiger partial charge is 0.484 e. The van der Waals surface area contributed by atoms with Crippen LogP contribution in [0, 0.1) is 0 Å². The molecule has 0 bridgehead atoms. The van der Waals surface area contributed by atoms with Crippen LogP contribution in [0.3, 0.4) is 0 Å². The molecule has 1 aromatic rings. The summed E-state index contributed by atoms with van der Waals surface area (Å²) in [6, 6.07) is 9.49. The molecule has 0 unspecified atom stereocenters. The van der Waals surface area contributed by atoms with Gasteiger partial charge in [0.1, 0.15) is 0 Å². The van der Waals surface area contributed by atoms with Crippen molar-refractivity contribution in [3.63, 3.8) is 0 Å². The maximum Gasteiger partial charge on any atom is 0.484 e. The molecule has 2 rings (SSSR count). The van der Waals surface area contributed by atoms with Crippen molar-refractivity contribution in [1.82, 2.24) is 0 Å². The summed E-state index contributed by atoms with van der Waals surface area (Å²) in [6.45, 7) is 7.86. The third-order valence-corrected chi connectivity index (χ3v) is 3.88. The van der Waals surface area contributed by atoms with Gasteiger partial charge in [0, 0.05) is 25.5 Å². The van der Waals surface area contributed by atoms with Crippen molar-refractivity contribution in [2.45, 2.75) is 40.0 Å². The van der Waals surface area contributed by atoms with E-state index < -0.39 is 9.53 Å². The molecule has 5 heteroatoms. The molecule has 1 fully saturated rings. The van der Waals surface area contributed by atoms with Crippen LogP contribution >= 0.6 is 0 Å². The molecule has 0 amide bonds. The van der Waals surface area contributed by atoms with Gasteiger partial charge < -0.3 is 19.0 Å². The van der Waals surface area contributed by atoms with Crippen molar-refractivity contribution in [2.75, 3.05) is 25.6 Å². The lowest BCUT2D eigenvalue weighted by atomic mass is 10.3. The quantitative estimate of drug-likeness (QED) is 0.647. The van der Waals surface area contributed by atoms with E-state index in [-0.39, 0.29) is 0 Å². The summed E-state index contributed by atoms with van der Waals surface area (Å²) >= 11 is 0. The topological polar surface area (TPSA) is 53.7 Å². The lowest BCUT2D eigenvalue weighted by molar-refractivity contribution is 0.107. The summed E-state index contributed by atoms with van der Waals surface area (Å²) in [7, 11) is -1.73. The molecule has 0 atom stereocenters. The van der Waals surface area contributed by atoms with Crippen LogP contribution in [0.15, 0.2) is 30.3 Å². The summed E-state index contributed by atoms with van der Waals surface area (Å²) in [4.78, 5) is 0. The van der Waals surface area contributed by atoms with E-state index in [9.17, 15) is 0 Å². The predicted molar refractivity (Wildman–Crippen MR) is 86.7 cm³/mol. The van der Waals surface area contributed by atoms with Crippen LogP contribution in [-0.4, -0.2) is 29.3 Å². The highest BCUT2D eigenvalue weighted by Gasteiger charge is 2.11. The fourth-order valence-corrected chi connectivity index (χ4v) is 2.11. The standard InChI is InChI=1S/C6H7N.C6H16O3Si.C3H6/c7-6-4-2-1-3-5-6;1-4-7-10(8-5-2)9-6-3;1-2-3-1/h1-5H,7H2;10H,4-6H2,1-3H3;1-3H2. The van der Waals surface area contributed by atoms with Gasteiger partial charge in [-0.05, 0) is 32.9 Å². The smallest absolute Gasteiger partial charge is 0.399 e. The Balaban J connectivity index is 0.000000307. The summed E-state index contributed by atoms with van der Waals surface area (Å²) in [5.74, 6) is 0. The molecule has 116 valence electrons. The van der Waals surface area contributed by atoms with Crippen molar-refractivity contribution in [1.29, 1.82) is 0 Å². The van der Waals surface area contributed by atoms with E-state index in [1.165, 1.54) is 19.3 Å². The van der Waals surface area contributed by atoms with Gasteiger partial charge in [-0.2, -0.15) is 0 Å². The van der Waals surface area contributed by atoms with Crippen LogP contribution in [0.2, 0.25) is 0 Å². The third kappa shape index (κ3) is 15.2. The van der Waals surface area contributed by atoms with Crippen molar-refractivity contribution in [2.24, 2.45) is 0 Å². The summed E-state index contributed by atoms with van der Waals surface area (Å²) in [6.07, 6.45) is 4.50. The number of anilines is 1. The number of para-hydroxylation sites is 1. The highest BCUT2D eigenvalue weighted by atomic mass is 28.3. The van der Waals surface area contributed by atoms with Gasteiger partial charge in [-0.15, -0.1) is 0 Å². The van der Waals surface area contributed by atoms with Gasteiger partial charge in [0.2, 0.25) is 0 Å². The average molecular weight is 299 g/mol. The molecule has 1 aliphatic carbocycles. The molecular weight excluding hydrogens is 270 g/mol. The SMILES string of the molecule is C1CC1.CCO[SiH](OCC)OCC.Nc1ccccc1. The molecule has 20 heavy (non-hydrogen) atoms. The lowest BCUT2D eigenvalue weighted by Gasteiger charge is -2.12. The molecule has 1 aromatic carbocycles. The number of nitrogens with two attached hydrogens (primary N) is 1. The van der Waals surface area contributed by atoms with E-state index in [4.69, 9.17) is 19.0 Å². The Morgan fingerprint density at radius 2 is 1.25 bits per heavy atom. The molecule has 0 radical (unpaired) electrons. The number of hydrogen-bond donors (Lipinski definition) is 1. The molecule has 1 aliphatic rings. The van der Waals surface area contributed by atoms with E-state index in [1.807, 2.05) is 51.1 Å². The molecule has 4 nitrogen and oxygen atoms in total. The first kappa shape index (κ1) is 19.1. The summed E-state index contributed by atoms with van der Waals surface area (Å²) < 4.78 is 15.7. The van der Waals surface area contributed by atoms with Gasteiger partial charge >= 0.3 is 9.53 Å². The van der Waals surface area contributed by atoms with Gasteiger partial charge in [-0.1, -0.05) is 37.5 Å². The Hall–Kier alpha value is -0.883. The second kappa shape index (κ2) is 14.5. The molecule has 0 spiro atoms. The minimum absolute atomic E-state index is 0.677. The highest BCUT2D eigenvalue weighted by molar-refractivity contribution is 6.36. The molecule has 0 saturated heterocycles. The molecule has 0 heterocycles. The third-order valence-electron chi connectivity index (χ3n) is 2.06. The molecular formula is C15H29NO3Si. The molecule has 2 N–H and O–H groups in total. The number of rotatable bonds is 6. The zero-order valence-electron chi connectivity index (χ0n) is 13.0. The highest BCUT2D eigenvalue weighted by Crippen LogP contribution is 2.14. The van der Waals surface area contributed by atoms with Gasteiger partial charge in [0.15, 0.2) is 0 Å². The second-order valence-electron chi connectivity index (χ2n) is 4.13. The Morgan fingerprint density at radius 1 is 0.850 bits per heavy atom. The predicted octanol–water partition coefficient (Wildman–Crippen LogP) is 3.25. The molecule has 0 aromatic heterocycles. The normalized spacial score (nSPS) is 12.0. The zero-order chi connectivity index (χ0) is 15.1. The van der Waals surface area contributed by atoms with Crippen molar-refractivity contribution < 1.29 is 13.3 Å². The molecule has 0 aliphatic heterocycles. The van der Waals surface area contributed by atoms with Gasteiger partial charge in [-0.3, -0.25) is 0 Å². The lowest BCUT2D eigenvalue weighted by Crippen LogP contribution is -2.27. The monoisotopic (exact) mass is 299 g/mol. The number of nitrogen functional groups attached to an aromatic ring is 1. The average Bonchev–Trinajstić information content (AvgIpc) is 3.29. The Labute approximate surface area is 125 Å². The number of benzene rings is 1. The van der Waals surface area contributed by atoms with E-state index in [2.05, 4.69) is 0 Å². The zero-order valence-corrected chi connectivity index (χ0v) is 14.2. The Bertz CT molecular complexity index is 279. The van der Waals surface area contributed by atoms with E-state index in [1.54, 1.807) is 0 Å². The summed E-state index contributed by atoms with van der Waals surface area (Å²) in [5.41, 5.74) is 6.18. The van der Waals surface area contributed by atoms with Crippen molar-refractivity contribution in [3.8, 4) is 0 Å². The van der Waals surface area contributed by atoms with E-state index >= 15 is 0 Å². The van der Waals surface area contributed by atoms with Crippen LogP contribution in [0.5, 0.6) is 0 Å². The Kier molecular flexibility index (Phi) is 13.9. The maximum atomic E-state index is 5.36. The summed E-state index contributed by atoms with van der Waals surface area (Å²) in [5, 5.41) is 0. The fraction of sp³-hybridized carbons (Fsp3) is 0.600. The second-order valence-corrected chi connectivity index (χ2v) is 5.70. The van der Waals surface area contributed by atoms with Crippen LogP contribution in [0.4, 0.5) is 5.69 Å². The minimum atomic E-state index is -1.73. The van der Waals surface area contributed by atoms with E-state index in [0.29, 0.717) is 19.8 Å². The van der Waals surface area contributed by atoms with Gasteiger partial charge in [0.25, 0.3) is 0 Å². The van der Waals surface area contributed by atoms with Crippen LogP contribution < -0.4 is 5.73 Å². The fourth-order valence-electron chi connectivity index (χ4n) is 1.01. The van der Waals surface area contributed by atoms with Gasteiger partial charge in [0.05, 0.1) is 0 Å². The minimum Gasteiger partial charge on any atom is -0.399 e. The Morgan fingerprint density at radius 3 is 1.45 bits per heavy atom. The number of hydrogen-bond acceptors (Lipinski definition) is 4. The van der Waals surface area contributed by atoms with Crippen LogP contribution in [-0.2, 0) is 13.3 Å². The van der Waals surface area contributed by atoms with Crippen LogP contribution in [0.25, 0.3) is 0 Å². The maximum absolute atomic E-state index is 5.36.